The predicted molar refractivity (Wildman–Crippen MR) is 332 cm³/mol. The molecule has 446 valence electrons. The summed E-state index contributed by atoms with van der Waals surface area (Å²) in [5.74, 6) is 2.10. The van der Waals surface area contributed by atoms with Gasteiger partial charge >= 0.3 is 18.1 Å². The van der Waals surface area contributed by atoms with Gasteiger partial charge in [0.2, 0.25) is 13.1 Å². The number of aromatic nitrogens is 4. The number of carbonyl (C=O) groups excluding carboxylic acids is 1. The average molecular weight is 1160 g/mol. The zero-order chi connectivity index (χ0) is 59.1. The molecule has 4 fully saturated rings. The molecule has 19 heteroatoms. The number of hydrogen-bond acceptors (Lipinski definition) is 14. The maximum atomic E-state index is 14.1. The number of halogens is 2. The van der Waals surface area contributed by atoms with E-state index in [1.165, 1.54) is 32.8 Å². The highest BCUT2D eigenvalue weighted by atomic mass is 19.1. The number of nitrogens with zero attached hydrogens (tertiary/aromatic N) is 13. The van der Waals surface area contributed by atoms with Gasteiger partial charge in [-0.05, 0) is 81.1 Å². The second-order valence-electron chi connectivity index (χ2n) is 23.8. The highest BCUT2D eigenvalue weighted by Crippen LogP contribution is 2.38. The van der Waals surface area contributed by atoms with E-state index in [1.54, 1.807) is 4.90 Å². The fraction of sp³-hybridized carbons (Fsp3) is 0.448. The standard InChI is InChI=1S/C37H40FN7O3.C30H35FN6O/c1-39-20-30-22-44(17-18-45(30)37(46)48-24-26-9-4-3-5-10-26)35-32-15-16-43(34-14-8-12-27-11-6-7-13-31(27)34)23-33(32)40-36(41-35)47-25-29-19-28(38)21-42(29)2;1-32-16-21-7-6-13-37(17-21)29-26-12-14-36(28-11-5-9-22-8-3-4-10-25(22)28)19-27(26)33-30(34-29)38-20-24-15-23(31)18-35(24)2/h3-14,28-30H,15-25H2,2H3;3-5,8-11,21,23-24H,6-7,12-20H2,2H3/t28-,29+,30?;21?,23-,24+/m11/s1. The minimum absolute atomic E-state index is 0.0262. The summed E-state index contributed by atoms with van der Waals surface area (Å²) in [6, 6.07) is 39.6. The fourth-order valence-electron chi connectivity index (χ4n) is 13.5. The monoisotopic (exact) mass is 1160 g/mol. The van der Waals surface area contributed by atoms with Crippen molar-refractivity contribution in [3.8, 4) is 12.0 Å². The molecule has 17 nitrogen and oxygen atoms in total. The van der Waals surface area contributed by atoms with Crippen LogP contribution in [0.15, 0.2) is 115 Å². The van der Waals surface area contributed by atoms with E-state index in [9.17, 15) is 13.6 Å². The summed E-state index contributed by atoms with van der Waals surface area (Å²) in [5.41, 5.74) is 7.43. The Morgan fingerprint density at radius 3 is 1.63 bits per heavy atom. The molecule has 6 aliphatic heterocycles. The van der Waals surface area contributed by atoms with Crippen molar-refractivity contribution in [3.05, 3.63) is 166 Å². The summed E-state index contributed by atoms with van der Waals surface area (Å²) in [4.78, 5) is 55.3. The Morgan fingerprint density at radius 2 is 1.09 bits per heavy atom. The normalized spacial score (nSPS) is 22.4. The molecule has 0 aliphatic carbocycles. The largest absolute Gasteiger partial charge is 0.462 e. The Morgan fingerprint density at radius 1 is 0.570 bits per heavy atom. The maximum absolute atomic E-state index is 14.1. The van der Waals surface area contributed by atoms with Crippen LogP contribution in [0, 0.1) is 19.1 Å². The number of amides is 1. The number of likely N-dealkylation sites (N-methyl/N-ethyl adjacent to an activating group) is 2. The van der Waals surface area contributed by atoms with Crippen molar-refractivity contribution >= 4 is 50.6 Å². The van der Waals surface area contributed by atoms with Gasteiger partial charge in [-0.25, -0.2) is 26.7 Å². The number of anilines is 4. The van der Waals surface area contributed by atoms with Crippen LogP contribution >= 0.6 is 0 Å². The van der Waals surface area contributed by atoms with Crippen LogP contribution in [0.1, 0.15) is 53.8 Å². The number of piperidine rings is 1. The van der Waals surface area contributed by atoms with Gasteiger partial charge in [-0.15, -0.1) is 0 Å². The van der Waals surface area contributed by atoms with Crippen molar-refractivity contribution in [1.29, 1.82) is 0 Å². The van der Waals surface area contributed by atoms with E-state index < -0.39 is 18.4 Å². The smallest absolute Gasteiger partial charge is 0.410 e. The van der Waals surface area contributed by atoms with Crippen LogP contribution < -0.4 is 29.1 Å². The number of fused-ring (bicyclic) bond motifs is 4. The Labute approximate surface area is 502 Å². The van der Waals surface area contributed by atoms with Gasteiger partial charge in [0.15, 0.2) is 0 Å². The molecule has 2 aromatic heterocycles. The molecule has 5 aromatic carbocycles. The lowest BCUT2D eigenvalue weighted by Crippen LogP contribution is -2.57. The van der Waals surface area contributed by atoms with E-state index in [4.69, 9.17) is 47.3 Å². The Balaban J connectivity index is 0.000000173. The zero-order valence-electron chi connectivity index (χ0n) is 49.2. The molecule has 2 unspecified atom stereocenters. The van der Waals surface area contributed by atoms with Crippen LogP contribution in [0.4, 0.5) is 36.6 Å². The van der Waals surface area contributed by atoms with E-state index in [0.29, 0.717) is 90.3 Å². The Kier molecular flexibility index (Phi) is 17.9. The SMILES string of the molecule is [C-]#[N+]CC1CCCN(c2nc(OC[C@@H]3C[C@@H](F)CN3C)nc3c2CCN(c2cccc4ccccc24)C3)C1.[C-]#[N+]CC1CN(c2nc(OC[C@@H]3C[C@@H](F)CN3C)nc3c2CCN(c2cccc4ccccc24)C3)CCN1C(=O)OCc1ccccc1. The van der Waals surface area contributed by atoms with Crippen molar-refractivity contribution in [2.45, 2.75) is 88.7 Å². The van der Waals surface area contributed by atoms with Crippen molar-refractivity contribution < 1.29 is 27.8 Å². The molecule has 1 amide bonds. The first-order valence-corrected chi connectivity index (χ1v) is 30.4. The van der Waals surface area contributed by atoms with E-state index >= 15 is 0 Å². The van der Waals surface area contributed by atoms with E-state index in [2.05, 4.69) is 114 Å². The summed E-state index contributed by atoms with van der Waals surface area (Å²) in [5, 5.41) is 4.85. The molecule has 86 heavy (non-hydrogen) atoms. The number of likely N-dealkylation sites (tertiary alicyclic amines) is 2. The minimum atomic E-state index is -0.868. The highest BCUT2D eigenvalue weighted by molar-refractivity contribution is 5.95. The predicted octanol–water partition coefficient (Wildman–Crippen LogP) is 10.1. The first kappa shape index (κ1) is 58.0. The van der Waals surface area contributed by atoms with E-state index in [1.807, 2.05) is 54.2 Å². The zero-order valence-corrected chi connectivity index (χ0v) is 49.2. The lowest BCUT2D eigenvalue weighted by molar-refractivity contribution is 0.0788. The van der Waals surface area contributed by atoms with Crippen molar-refractivity contribution in [3.63, 3.8) is 0 Å². The summed E-state index contributed by atoms with van der Waals surface area (Å²) in [6.07, 6.45) is 2.53. The Bertz CT molecular complexity index is 3600. The van der Waals surface area contributed by atoms with Gasteiger partial charge in [-0.2, -0.15) is 19.9 Å². The molecule has 13 rings (SSSR count). The number of ether oxygens (including phenoxy) is 3. The van der Waals surface area contributed by atoms with Gasteiger partial charge < -0.3 is 43.5 Å². The molecule has 6 aliphatic rings. The molecule has 0 radical (unpaired) electrons. The molecular formula is C67H75F2N13O4. The number of benzene rings is 5. The third-order valence-corrected chi connectivity index (χ3v) is 18.0. The Hall–Kier alpha value is -8.39. The molecular weight excluding hydrogens is 1090 g/mol. The first-order valence-electron chi connectivity index (χ1n) is 30.4. The fourth-order valence-corrected chi connectivity index (χ4v) is 13.5. The van der Waals surface area contributed by atoms with Crippen LogP contribution in [0.5, 0.6) is 12.0 Å². The third kappa shape index (κ3) is 13.0. The van der Waals surface area contributed by atoms with Crippen LogP contribution in [0.25, 0.3) is 31.2 Å². The molecule has 7 aromatic rings. The average Bonchev–Trinajstić information content (AvgIpc) is 2.59. The van der Waals surface area contributed by atoms with E-state index in [-0.39, 0.29) is 37.3 Å². The van der Waals surface area contributed by atoms with Crippen LogP contribution in [-0.2, 0) is 37.3 Å². The summed E-state index contributed by atoms with van der Waals surface area (Å²) in [6.45, 7) is 23.5. The minimum Gasteiger partial charge on any atom is -0.462 e. The quantitative estimate of drug-likeness (QED) is 0.0959. The van der Waals surface area contributed by atoms with Gasteiger partial charge in [0.25, 0.3) is 0 Å². The molecule has 0 saturated carbocycles. The van der Waals surface area contributed by atoms with Crippen molar-refractivity contribution in [1.82, 2.24) is 34.6 Å². The van der Waals surface area contributed by atoms with E-state index in [0.717, 1.165) is 91.7 Å². The van der Waals surface area contributed by atoms with Gasteiger partial charge in [0, 0.05) is 110 Å². The summed E-state index contributed by atoms with van der Waals surface area (Å²) in [7, 11) is 3.86. The van der Waals surface area contributed by atoms with Crippen LogP contribution in [0.2, 0.25) is 0 Å². The van der Waals surface area contributed by atoms with Crippen molar-refractivity contribution in [2.75, 3.05) is 119 Å². The molecule has 6 atom stereocenters. The third-order valence-electron chi connectivity index (χ3n) is 18.0. The molecule has 0 N–H and O–H groups in total. The lowest BCUT2D eigenvalue weighted by atomic mass is 9.96. The van der Waals surface area contributed by atoms with Gasteiger partial charge in [0.1, 0.15) is 49.8 Å². The highest BCUT2D eigenvalue weighted by Gasteiger charge is 2.38. The number of hydrogen-bond donors (Lipinski definition) is 0. The second-order valence-corrected chi connectivity index (χ2v) is 23.8. The molecule has 0 bridgehead atoms. The topological polar surface area (TPSA) is 128 Å². The van der Waals surface area contributed by atoms with Crippen LogP contribution in [0.3, 0.4) is 0 Å². The van der Waals surface area contributed by atoms with Crippen molar-refractivity contribution in [2.24, 2.45) is 5.92 Å². The van der Waals surface area contributed by atoms with Gasteiger partial charge in [0.05, 0.1) is 24.5 Å². The molecule has 0 spiro atoms. The van der Waals surface area contributed by atoms with Crippen LogP contribution in [-0.4, -0.2) is 170 Å². The lowest BCUT2D eigenvalue weighted by Gasteiger charge is -2.40. The number of piperazine rings is 1. The molecule has 8 heterocycles. The second kappa shape index (κ2) is 26.5. The first-order chi connectivity index (χ1) is 42.0. The van der Waals surface area contributed by atoms with Gasteiger partial charge in [-0.1, -0.05) is 103 Å². The molecule has 4 saturated heterocycles. The number of carbonyl (C=O) groups is 1. The maximum Gasteiger partial charge on any atom is 0.410 e. The van der Waals surface area contributed by atoms with Gasteiger partial charge in [-0.3, -0.25) is 14.7 Å². The number of rotatable bonds is 14. The summed E-state index contributed by atoms with van der Waals surface area (Å²) < 4.78 is 46.1. The summed E-state index contributed by atoms with van der Waals surface area (Å²) >= 11 is 0. The number of alkyl halides is 2.